The van der Waals surface area contributed by atoms with Crippen LogP contribution in [0.1, 0.15) is 106 Å². The second-order valence-corrected chi connectivity index (χ2v) is 15.3. The third-order valence-electron chi connectivity index (χ3n) is 9.68. The lowest BCUT2D eigenvalue weighted by Crippen LogP contribution is -2.61. The van der Waals surface area contributed by atoms with Crippen LogP contribution in [-0.4, -0.2) is 119 Å². The number of carboxylic acid groups (broad SMARTS) is 2. The molecule has 0 aliphatic carbocycles. The predicted molar refractivity (Wildman–Crippen MR) is 217 cm³/mol. The van der Waals surface area contributed by atoms with Crippen molar-refractivity contribution in [2.24, 2.45) is 35.0 Å². The van der Waals surface area contributed by atoms with E-state index in [2.05, 4.69) is 44.5 Å². The topological polar surface area (TPSA) is 327 Å². The summed E-state index contributed by atoms with van der Waals surface area (Å²) >= 11 is 4.19. The highest BCUT2D eigenvalue weighted by Crippen LogP contribution is 2.13. The smallest absolute Gasteiger partial charge is 0.326 e. The number of rotatable bonds is 30. The Labute approximate surface area is 341 Å². The molecule has 0 aromatic rings. The summed E-state index contributed by atoms with van der Waals surface area (Å²) in [6.07, 6.45) is 1.63. The van der Waals surface area contributed by atoms with Crippen molar-refractivity contribution in [3.05, 3.63) is 0 Å². The molecule has 14 N–H and O–H groups in total. The van der Waals surface area contributed by atoms with Gasteiger partial charge in [0.25, 0.3) is 0 Å². The van der Waals surface area contributed by atoms with Gasteiger partial charge in [-0.1, -0.05) is 54.4 Å². The fourth-order valence-corrected chi connectivity index (χ4v) is 5.85. The molecule has 57 heavy (non-hydrogen) atoms. The summed E-state index contributed by atoms with van der Waals surface area (Å²) < 4.78 is 0. The maximum absolute atomic E-state index is 13.8. The number of unbranched alkanes of at least 4 members (excludes halogenated alkanes) is 1. The lowest BCUT2D eigenvalue weighted by atomic mass is 9.96. The third kappa shape index (κ3) is 20.3. The Balaban J connectivity index is 6.36. The second-order valence-electron chi connectivity index (χ2n) is 14.9. The molecular formula is C37H69N9O10S. The van der Waals surface area contributed by atoms with Crippen LogP contribution in [0.2, 0.25) is 0 Å². The number of nitrogens with one attached hydrogen (secondary N) is 6. The van der Waals surface area contributed by atoms with E-state index in [9.17, 15) is 48.6 Å². The molecule has 20 heteroatoms. The zero-order valence-corrected chi connectivity index (χ0v) is 35.2. The summed E-state index contributed by atoms with van der Waals surface area (Å²) in [5.74, 6) is -7.99. The first-order chi connectivity index (χ1) is 26.8. The molecule has 0 fully saturated rings. The van der Waals surface area contributed by atoms with Crippen molar-refractivity contribution >= 4 is 60.0 Å². The standard InChI is InChI=1S/C37H69N9O10S/c1-7-21(5)29(40)35(53)45-27(19-57)34(52)44-26(18-20(3)4)33(51)41-24(14-15-28(47)48)32(50)46-30(22(6)8-2)36(54)42-23(12-9-10-16-38)31(49)43-25(37(55)56)13-11-17-39/h20-27,29-30,57H,7-19,38-40H2,1-6H3,(H,41,51)(H,42,54)(H,43,49)(H,44,52)(H,45,53)(H,46,50)(H,47,48)(H,55,56)/t21-,22-,23-,24-,25-,26-,27-,29-,30-/m0/s1. The molecule has 0 unspecified atom stereocenters. The quantitative estimate of drug-likeness (QED) is 0.0309. The zero-order chi connectivity index (χ0) is 43.8. The summed E-state index contributed by atoms with van der Waals surface area (Å²) in [6.45, 7) is 11.2. The van der Waals surface area contributed by atoms with E-state index in [4.69, 9.17) is 17.2 Å². The highest BCUT2D eigenvalue weighted by molar-refractivity contribution is 7.80. The van der Waals surface area contributed by atoms with Crippen LogP contribution in [-0.2, 0) is 38.4 Å². The van der Waals surface area contributed by atoms with Gasteiger partial charge >= 0.3 is 11.9 Å². The molecule has 0 rings (SSSR count). The molecule has 328 valence electrons. The van der Waals surface area contributed by atoms with Crippen molar-refractivity contribution in [1.29, 1.82) is 0 Å². The number of carbonyl (C=O) groups is 8. The van der Waals surface area contributed by atoms with Crippen LogP contribution in [0.25, 0.3) is 0 Å². The number of hydrogen-bond acceptors (Lipinski definition) is 12. The van der Waals surface area contributed by atoms with Crippen LogP contribution in [0, 0.1) is 17.8 Å². The molecule has 0 aliphatic heterocycles. The molecule has 0 saturated carbocycles. The van der Waals surface area contributed by atoms with E-state index in [1.165, 1.54) is 0 Å². The SMILES string of the molecule is CC[C@H](C)[C@H](N)C(=O)N[C@@H](CS)C(=O)N[C@@H](CC(C)C)C(=O)N[C@@H](CCC(=O)O)C(=O)N[C@H](C(=O)N[C@@H](CCCCN)C(=O)N[C@@H](CCCN)C(=O)O)[C@@H](C)CC. The first kappa shape index (κ1) is 53.0. The number of amides is 6. The molecule has 0 bridgehead atoms. The number of aliphatic carboxylic acids is 2. The van der Waals surface area contributed by atoms with E-state index in [1.54, 1.807) is 34.6 Å². The molecule has 19 nitrogen and oxygen atoms in total. The molecule has 0 heterocycles. The maximum Gasteiger partial charge on any atom is 0.326 e. The van der Waals surface area contributed by atoms with Crippen LogP contribution in [0.5, 0.6) is 0 Å². The van der Waals surface area contributed by atoms with Gasteiger partial charge in [-0.15, -0.1) is 0 Å². The summed E-state index contributed by atoms with van der Waals surface area (Å²) in [6, 6.07) is -8.44. The van der Waals surface area contributed by atoms with Crippen LogP contribution in [0.3, 0.4) is 0 Å². The van der Waals surface area contributed by atoms with E-state index in [1.807, 2.05) is 6.92 Å². The Kier molecular flexibility index (Phi) is 26.4. The maximum atomic E-state index is 13.8. The van der Waals surface area contributed by atoms with Gasteiger partial charge in [0, 0.05) is 12.2 Å². The molecule has 0 saturated heterocycles. The van der Waals surface area contributed by atoms with E-state index in [0.717, 1.165) is 0 Å². The summed E-state index contributed by atoms with van der Waals surface area (Å²) in [5, 5.41) is 34.5. The van der Waals surface area contributed by atoms with Crippen molar-refractivity contribution in [2.45, 2.75) is 148 Å². The Morgan fingerprint density at radius 2 is 1.02 bits per heavy atom. The van der Waals surface area contributed by atoms with Gasteiger partial charge in [0.05, 0.1) is 6.04 Å². The van der Waals surface area contributed by atoms with Gasteiger partial charge < -0.3 is 59.3 Å². The van der Waals surface area contributed by atoms with Crippen molar-refractivity contribution in [3.63, 3.8) is 0 Å². The number of thiol groups is 1. The van der Waals surface area contributed by atoms with E-state index in [-0.39, 0.29) is 49.8 Å². The first-order valence-corrected chi connectivity index (χ1v) is 20.4. The zero-order valence-electron chi connectivity index (χ0n) is 34.3. The fourth-order valence-electron chi connectivity index (χ4n) is 5.59. The van der Waals surface area contributed by atoms with E-state index >= 15 is 0 Å². The average Bonchev–Trinajstić information content (AvgIpc) is 3.16. The third-order valence-corrected chi connectivity index (χ3v) is 10.0. The van der Waals surface area contributed by atoms with Crippen LogP contribution >= 0.6 is 12.6 Å². The molecular weight excluding hydrogens is 763 g/mol. The van der Waals surface area contributed by atoms with Crippen LogP contribution < -0.4 is 49.1 Å². The minimum Gasteiger partial charge on any atom is -0.481 e. The summed E-state index contributed by atoms with van der Waals surface area (Å²) in [4.78, 5) is 104. The van der Waals surface area contributed by atoms with Gasteiger partial charge in [0.15, 0.2) is 0 Å². The molecule has 0 radical (unpaired) electrons. The Hall–Kier alpha value is -4.01. The van der Waals surface area contributed by atoms with Gasteiger partial charge in [-0.3, -0.25) is 33.6 Å². The fraction of sp³-hybridized carbons (Fsp3) is 0.784. The molecule has 0 aliphatic rings. The van der Waals surface area contributed by atoms with Crippen molar-refractivity contribution in [3.8, 4) is 0 Å². The average molecular weight is 832 g/mol. The molecule has 6 amide bonds. The van der Waals surface area contributed by atoms with Gasteiger partial charge in [-0.2, -0.15) is 12.6 Å². The summed E-state index contributed by atoms with van der Waals surface area (Å²) in [5.41, 5.74) is 17.2. The minimum atomic E-state index is -1.48. The summed E-state index contributed by atoms with van der Waals surface area (Å²) in [7, 11) is 0. The number of carbonyl (C=O) groups excluding carboxylic acids is 6. The lowest BCUT2D eigenvalue weighted by molar-refractivity contribution is -0.142. The van der Waals surface area contributed by atoms with Crippen LogP contribution in [0.15, 0.2) is 0 Å². The predicted octanol–water partition coefficient (Wildman–Crippen LogP) is -0.892. The van der Waals surface area contributed by atoms with Gasteiger partial charge in [0.2, 0.25) is 35.4 Å². The Bertz CT molecular complexity index is 1320. The van der Waals surface area contributed by atoms with Gasteiger partial charge in [-0.25, -0.2) is 4.79 Å². The second kappa shape index (κ2) is 28.4. The van der Waals surface area contributed by atoms with Crippen LogP contribution in [0.4, 0.5) is 0 Å². The van der Waals surface area contributed by atoms with Gasteiger partial charge in [0.1, 0.15) is 36.3 Å². The molecule has 0 aromatic carbocycles. The normalized spacial score (nSPS) is 16.0. The van der Waals surface area contributed by atoms with Crippen molar-refractivity contribution in [2.75, 3.05) is 18.8 Å². The Morgan fingerprint density at radius 3 is 1.53 bits per heavy atom. The number of hydrogen-bond donors (Lipinski definition) is 12. The number of carboxylic acids is 2. The van der Waals surface area contributed by atoms with Crippen molar-refractivity contribution < 1.29 is 48.6 Å². The Morgan fingerprint density at radius 1 is 0.561 bits per heavy atom. The minimum absolute atomic E-state index is 0.0666. The van der Waals surface area contributed by atoms with Crippen molar-refractivity contribution in [1.82, 2.24) is 31.9 Å². The number of nitrogens with two attached hydrogens (primary N) is 3. The lowest BCUT2D eigenvalue weighted by Gasteiger charge is -2.29. The van der Waals surface area contributed by atoms with E-state index < -0.39 is 102 Å². The highest BCUT2D eigenvalue weighted by Gasteiger charge is 2.35. The van der Waals surface area contributed by atoms with E-state index in [0.29, 0.717) is 38.6 Å². The monoisotopic (exact) mass is 831 g/mol. The highest BCUT2D eigenvalue weighted by atomic mass is 32.1. The molecule has 0 spiro atoms. The first-order valence-electron chi connectivity index (χ1n) is 19.8. The largest absolute Gasteiger partial charge is 0.481 e. The molecule has 0 aromatic heterocycles. The van der Waals surface area contributed by atoms with Gasteiger partial charge in [-0.05, 0) is 75.8 Å². The molecule has 9 atom stereocenters.